The SMILES string of the molecule is CC1(C)OC2[C@H](n3ccc4c(N)ncnc43)O[C@H]([C@](C)(O)c3ccc(F)c(F)c3)[C@H]2O1. The molecule has 0 spiro atoms. The molecule has 0 aliphatic carbocycles. The van der Waals surface area contributed by atoms with E-state index < -0.39 is 47.6 Å². The van der Waals surface area contributed by atoms with Crippen LogP contribution >= 0.6 is 0 Å². The van der Waals surface area contributed by atoms with Gasteiger partial charge in [0.2, 0.25) is 0 Å². The van der Waals surface area contributed by atoms with Gasteiger partial charge in [-0.15, -0.1) is 0 Å². The number of aliphatic hydroxyl groups is 1. The average Bonchev–Trinajstić information content (AvgIpc) is 3.35. The van der Waals surface area contributed by atoms with E-state index in [0.29, 0.717) is 16.9 Å². The number of ether oxygens (including phenoxy) is 3. The van der Waals surface area contributed by atoms with Gasteiger partial charge < -0.3 is 29.6 Å². The maximum Gasteiger partial charge on any atom is 0.164 e. The molecule has 0 radical (unpaired) electrons. The van der Waals surface area contributed by atoms with Crippen LogP contribution in [-0.4, -0.2) is 43.7 Å². The number of nitrogen functional groups attached to an aromatic ring is 1. The van der Waals surface area contributed by atoms with Gasteiger partial charge in [-0.05, 0) is 44.5 Å². The molecule has 31 heavy (non-hydrogen) atoms. The zero-order chi connectivity index (χ0) is 22.1. The second-order valence-corrected chi connectivity index (χ2v) is 8.51. The minimum absolute atomic E-state index is 0.160. The first kappa shape index (κ1) is 20.3. The molecule has 2 aliphatic rings. The van der Waals surface area contributed by atoms with E-state index in [0.717, 1.165) is 12.1 Å². The third-order valence-corrected chi connectivity index (χ3v) is 5.90. The van der Waals surface area contributed by atoms with Crippen LogP contribution < -0.4 is 5.73 Å². The number of hydrogen-bond donors (Lipinski definition) is 2. The molecule has 5 rings (SSSR count). The molecule has 10 heteroatoms. The van der Waals surface area contributed by atoms with Crippen LogP contribution in [0.3, 0.4) is 0 Å². The van der Waals surface area contributed by atoms with Gasteiger partial charge in [0.05, 0.1) is 5.39 Å². The van der Waals surface area contributed by atoms with Crippen LogP contribution in [0, 0.1) is 11.6 Å². The summed E-state index contributed by atoms with van der Waals surface area (Å²) in [5, 5.41) is 12.0. The summed E-state index contributed by atoms with van der Waals surface area (Å²) in [7, 11) is 0. The van der Waals surface area contributed by atoms with Gasteiger partial charge in [0, 0.05) is 6.20 Å². The van der Waals surface area contributed by atoms with Crippen LogP contribution in [0.4, 0.5) is 14.6 Å². The topological polar surface area (TPSA) is 105 Å². The number of anilines is 1. The van der Waals surface area contributed by atoms with Crippen LogP contribution in [0.2, 0.25) is 0 Å². The normalized spacial score (nSPS) is 29.2. The highest BCUT2D eigenvalue weighted by atomic mass is 19.2. The first-order chi connectivity index (χ1) is 14.6. The Balaban J connectivity index is 1.58. The van der Waals surface area contributed by atoms with E-state index in [-0.39, 0.29) is 5.56 Å². The summed E-state index contributed by atoms with van der Waals surface area (Å²) < 4.78 is 47.5. The van der Waals surface area contributed by atoms with Gasteiger partial charge >= 0.3 is 0 Å². The highest BCUT2D eigenvalue weighted by molar-refractivity contribution is 5.86. The molecule has 1 aromatic carbocycles. The molecule has 0 amide bonds. The minimum atomic E-state index is -1.70. The monoisotopic (exact) mass is 432 g/mol. The van der Waals surface area contributed by atoms with Gasteiger partial charge in [0.15, 0.2) is 23.6 Å². The second kappa shape index (κ2) is 6.67. The van der Waals surface area contributed by atoms with Crippen molar-refractivity contribution in [1.82, 2.24) is 14.5 Å². The van der Waals surface area contributed by atoms with Gasteiger partial charge in [0.25, 0.3) is 0 Å². The maximum absolute atomic E-state index is 13.9. The lowest BCUT2D eigenvalue weighted by molar-refractivity contribution is -0.221. The largest absolute Gasteiger partial charge is 0.383 e. The number of nitrogens with two attached hydrogens (primary N) is 1. The number of nitrogens with zero attached hydrogens (tertiary/aromatic N) is 3. The smallest absolute Gasteiger partial charge is 0.164 e. The van der Waals surface area contributed by atoms with Gasteiger partial charge in [-0.2, -0.15) is 0 Å². The van der Waals surface area contributed by atoms with Crippen molar-refractivity contribution >= 4 is 16.9 Å². The molecule has 2 aromatic heterocycles. The zero-order valence-corrected chi connectivity index (χ0v) is 17.1. The summed E-state index contributed by atoms with van der Waals surface area (Å²) in [6, 6.07) is 5.02. The number of hydrogen-bond acceptors (Lipinski definition) is 7. The molecule has 5 atom stereocenters. The molecule has 3 N–H and O–H groups in total. The molecule has 2 saturated heterocycles. The molecule has 0 saturated carbocycles. The lowest BCUT2D eigenvalue weighted by Crippen LogP contribution is -2.45. The van der Waals surface area contributed by atoms with Gasteiger partial charge in [-0.3, -0.25) is 0 Å². The first-order valence-corrected chi connectivity index (χ1v) is 9.84. The van der Waals surface area contributed by atoms with E-state index in [2.05, 4.69) is 9.97 Å². The quantitative estimate of drug-likeness (QED) is 0.656. The van der Waals surface area contributed by atoms with Crippen LogP contribution in [0.25, 0.3) is 11.0 Å². The number of aromatic nitrogens is 3. The highest BCUT2D eigenvalue weighted by Gasteiger charge is 2.60. The number of benzene rings is 1. The molecule has 2 fully saturated rings. The molecular formula is C21H22F2N4O4. The third kappa shape index (κ3) is 3.09. The fourth-order valence-corrected chi connectivity index (χ4v) is 4.42. The van der Waals surface area contributed by atoms with E-state index in [9.17, 15) is 13.9 Å². The number of fused-ring (bicyclic) bond motifs is 2. The van der Waals surface area contributed by atoms with Crippen molar-refractivity contribution in [2.24, 2.45) is 0 Å². The average molecular weight is 432 g/mol. The molecule has 1 unspecified atom stereocenters. The standard InChI is InChI=1S/C21H22F2N4O4/c1-20(2)30-14-15(31-20)19(27-7-6-11-17(24)25-9-26-18(11)27)29-16(14)21(3,28)10-4-5-12(22)13(23)8-10/h4-9,14-16,19,28H,1-3H3,(H2,24,25,26)/t14-,15?,16-,19+,21+/m0/s1. The van der Waals surface area contributed by atoms with Crippen LogP contribution in [0.15, 0.2) is 36.8 Å². The van der Waals surface area contributed by atoms with E-state index in [4.69, 9.17) is 19.9 Å². The van der Waals surface area contributed by atoms with Crippen LogP contribution in [-0.2, 0) is 19.8 Å². The van der Waals surface area contributed by atoms with Crippen molar-refractivity contribution in [3.8, 4) is 0 Å². The highest BCUT2D eigenvalue weighted by Crippen LogP contribution is 2.48. The van der Waals surface area contributed by atoms with E-state index in [1.54, 1.807) is 30.7 Å². The molecule has 8 nitrogen and oxygen atoms in total. The Hall–Kier alpha value is -2.66. The van der Waals surface area contributed by atoms with Crippen molar-refractivity contribution in [3.63, 3.8) is 0 Å². The molecule has 3 aromatic rings. The van der Waals surface area contributed by atoms with Crippen molar-refractivity contribution in [2.45, 2.75) is 56.7 Å². The first-order valence-electron chi connectivity index (χ1n) is 9.84. The Labute approximate surface area is 176 Å². The van der Waals surface area contributed by atoms with Crippen LogP contribution in [0.5, 0.6) is 0 Å². The predicted molar refractivity (Wildman–Crippen MR) is 106 cm³/mol. The lowest BCUT2D eigenvalue weighted by atomic mass is 9.86. The number of halogens is 2. The van der Waals surface area contributed by atoms with E-state index in [1.165, 1.54) is 19.3 Å². The van der Waals surface area contributed by atoms with Crippen molar-refractivity contribution in [1.29, 1.82) is 0 Å². The summed E-state index contributed by atoms with van der Waals surface area (Å²) in [5.41, 5.74) is 4.95. The molecule has 164 valence electrons. The summed E-state index contributed by atoms with van der Waals surface area (Å²) in [4.78, 5) is 8.30. The number of rotatable bonds is 3. The van der Waals surface area contributed by atoms with Crippen LogP contribution in [0.1, 0.15) is 32.6 Å². The molecular weight excluding hydrogens is 410 g/mol. The molecule has 4 heterocycles. The fraction of sp³-hybridized carbons (Fsp3) is 0.429. The zero-order valence-electron chi connectivity index (χ0n) is 17.1. The third-order valence-electron chi connectivity index (χ3n) is 5.90. The van der Waals surface area contributed by atoms with Crippen molar-refractivity contribution < 1.29 is 28.1 Å². The van der Waals surface area contributed by atoms with Crippen molar-refractivity contribution in [3.05, 3.63) is 54.0 Å². The summed E-state index contributed by atoms with van der Waals surface area (Å²) >= 11 is 0. The Morgan fingerprint density at radius 1 is 1.13 bits per heavy atom. The Morgan fingerprint density at radius 3 is 2.61 bits per heavy atom. The Morgan fingerprint density at radius 2 is 1.87 bits per heavy atom. The summed E-state index contributed by atoms with van der Waals surface area (Å²) in [6.07, 6.45) is 0.182. The minimum Gasteiger partial charge on any atom is -0.383 e. The van der Waals surface area contributed by atoms with Gasteiger partial charge in [-0.1, -0.05) is 6.07 Å². The molecule has 0 bridgehead atoms. The fourth-order valence-electron chi connectivity index (χ4n) is 4.42. The van der Waals surface area contributed by atoms with E-state index in [1.807, 2.05) is 0 Å². The Bertz CT molecular complexity index is 1170. The maximum atomic E-state index is 13.9. The predicted octanol–water partition coefficient (Wildman–Crippen LogP) is 2.62. The second-order valence-electron chi connectivity index (χ2n) is 8.51. The van der Waals surface area contributed by atoms with E-state index >= 15 is 0 Å². The van der Waals surface area contributed by atoms with Gasteiger partial charge in [-0.25, -0.2) is 18.7 Å². The van der Waals surface area contributed by atoms with Crippen molar-refractivity contribution in [2.75, 3.05) is 5.73 Å². The lowest BCUT2D eigenvalue weighted by Gasteiger charge is -2.34. The summed E-state index contributed by atoms with van der Waals surface area (Å²) in [6.45, 7) is 5.01. The summed E-state index contributed by atoms with van der Waals surface area (Å²) in [5.74, 6) is -2.67. The Kier molecular flexibility index (Phi) is 4.36. The van der Waals surface area contributed by atoms with Gasteiger partial charge in [0.1, 0.15) is 41.7 Å². The molecule has 2 aliphatic heterocycles.